The minimum absolute atomic E-state index is 0.156. The van der Waals surface area contributed by atoms with Crippen molar-refractivity contribution in [1.29, 1.82) is 0 Å². The number of hydrogen-bond acceptors (Lipinski definition) is 5. The molecule has 1 aliphatic heterocycles. The van der Waals surface area contributed by atoms with Crippen LogP contribution in [-0.4, -0.2) is 42.8 Å². The van der Waals surface area contributed by atoms with E-state index in [4.69, 9.17) is 19.3 Å². The molecule has 1 aliphatic rings. The molecule has 7 heteroatoms. The number of amides is 1. The molecule has 126 valence electrons. The van der Waals surface area contributed by atoms with E-state index < -0.39 is 11.5 Å². The number of fused-ring (bicyclic) bond motifs is 1. The molecule has 1 aromatic carbocycles. The van der Waals surface area contributed by atoms with Crippen molar-refractivity contribution in [3.05, 3.63) is 17.7 Å². The van der Waals surface area contributed by atoms with Crippen LogP contribution in [0.4, 0.5) is 0 Å². The fourth-order valence-corrected chi connectivity index (χ4v) is 2.34. The summed E-state index contributed by atoms with van der Waals surface area (Å²) >= 11 is 0. The molecule has 0 saturated heterocycles. The van der Waals surface area contributed by atoms with Gasteiger partial charge in [0.25, 0.3) is 5.91 Å². The first kappa shape index (κ1) is 16.9. The molecule has 1 amide bonds. The predicted octanol–water partition coefficient (Wildman–Crippen LogP) is 1.84. The number of aliphatic carboxylic acids is 1. The summed E-state index contributed by atoms with van der Waals surface area (Å²) in [5.74, 6) is -0.0275. The van der Waals surface area contributed by atoms with Crippen molar-refractivity contribution in [2.24, 2.45) is 0 Å². The first-order valence-electron chi connectivity index (χ1n) is 7.40. The molecule has 1 atom stereocenters. The Morgan fingerprint density at radius 2 is 2.04 bits per heavy atom. The van der Waals surface area contributed by atoms with Crippen LogP contribution in [0, 0.1) is 0 Å². The number of methoxy groups -OCH3 is 1. The summed E-state index contributed by atoms with van der Waals surface area (Å²) in [4.78, 5) is 23.5. The monoisotopic (exact) mass is 323 g/mol. The maximum Gasteiger partial charge on any atom is 0.305 e. The Morgan fingerprint density at radius 3 is 2.65 bits per heavy atom. The summed E-state index contributed by atoms with van der Waals surface area (Å²) in [6, 6.07) is 3.13. The van der Waals surface area contributed by atoms with Crippen molar-refractivity contribution in [3.8, 4) is 17.2 Å². The van der Waals surface area contributed by atoms with E-state index in [2.05, 4.69) is 5.32 Å². The third-order valence-corrected chi connectivity index (χ3v) is 3.83. The maximum absolute atomic E-state index is 12.5. The molecular formula is C16H21NO6. The number of carbonyl (C=O) groups excluding carboxylic acids is 1. The van der Waals surface area contributed by atoms with E-state index in [-0.39, 0.29) is 12.3 Å². The summed E-state index contributed by atoms with van der Waals surface area (Å²) in [7, 11) is 1.48. The van der Waals surface area contributed by atoms with Crippen molar-refractivity contribution in [2.75, 3.05) is 20.3 Å². The third kappa shape index (κ3) is 3.85. The summed E-state index contributed by atoms with van der Waals surface area (Å²) in [6.45, 7) is 4.34. The molecule has 1 aromatic rings. The largest absolute Gasteiger partial charge is 0.493 e. The van der Waals surface area contributed by atoms with Crippen LogP contribution in [0.1, 0.15) is 37.0 Å². The minimum Gasteiger partial charge on any atom is -0.493 e. The first-order chi connectivity index (χ1) is 10.9. The molecule has 23 heavy (non-hydrogen) atoms. The number of rotatable bonds is 6. The Balaban J connectivity index is 2.27. The number of hydrogen-bond donors (Lipinski definition) is 2. The SMILES string of the molecule is CC[C@@](C)(CC(=O)O)NC(=O)c1cc(OC)c2c(c1)OCCO2. The topological polar surface area (TPSA) is 94.1 Å². The van der Waals surface area contributed by atoms with E-state index in [1.807, 2.05) is 6.92 Å². The van der Waals surface area contributed by atoms with E-state index >= 15 is 0 Å². The lowest BCUT2D eigenvalue weighted by Gasteiger charge is -2.28. The van der Waals surface area contributed by atoms with Crippen LogP contribution in [0.15, 0.2) is 12.1 Å². The van der Waals surface area contributed by atoms with E-state index in [0.717, 1.165) is 0 Å². The van der Waals surface area contributed by atoms with Gasteiger partial charge in [-0.3, -0.25) is 9.59 Å². The molecule has 2 rings (SSSR count). The standard InChI is InChI=1S/C16H21NO6/c1-4-16(2,9-13(18)19)17-15(20)10-7-11(21-3)14-12(8-10)22-5-6-23-14/h7-8H,4-6,9H2,1-3H3,(H,17,20)(H,18,19)/t16-/m0/s1. The molecule has 0 saturated carbocycles. The van der Waals surface area contributed by atoms with Crippen molar-refractivity contribution in [3.63, 3.8) is 0 Å². The van der Waals surface area contributed by atoms with Crippen LogP contribution < -0.4 is 19.5 Å². The third-order valence-electron chi connectivity index (χ3n) is 3.83. The molecule has 2 N–H and O–H groups in total. The van der Waals surface area contributed by atoms with E-state index in [9.17, 15) is 9.59 Å². The number of carboxylic acid groups (broad SMARTS) is 1. The lowest BCUT2D eigenvalue weighted by atomic mass is 9.94. The van der Waals surface area contributed by atoms with Crippen LogP contribution in [0.5, 0.6) is 17.2 Å². The summed E-state index contributed by atoms with van der Waals surface area (Å²) in [6.07, 6.45) is 0.337. The number of nitrogens with one attached hydrogen (secondary N) is 1. The Kier molecular flexibility index (Phi) is 4.98. The van der Waals surface area contributed by atoms with Crippen molar-refractivity contribution < 1.29 is 28.9 Å². The Labute approximate surface area is 134 Å². The summed E-state index contributed by atoms with van der Waals surface area (Å²) in [5.41, 5.74) is -0.500. The zero-order valence-corrected chi connectivity index (χ0v) is 13.5. The summed E-state index contributed by atoms with van der Waals surface area (Å²) in [5, 5.41) is 11.8. The Bertz CT molecular complexity index is 598. The average Bonchev–Trinajstić information content (AvgIpc) is 2.52. The van der Waals surface area contributed by atoms with Crippen LogP contribution in [0.3, 0.4) is 0 Å². The second-order valence-corrected chi connectivity index (χ2v) is 5.64. The maximum atomic E-state index is 12.5. The van der Waals surface area contributed by atoms with Crippen molar-refractivity contribution in [2.45, 2.75) is 32.2 Å². The number of benzene rings is 1. The molecule has 7 nitrogen and oxygen atoms in total. The number of carboxylic acids is 1. The van der Waals surface area contributed by atoms with Gasteiger partial charge in [-0.2, -0.15) is 0 Å². The lowest BCUT2D eigenvalue weighted by Crippen LogP contribution is -2.47. The van der Waals surface area contributed by atoms with E-state index in [0.29, 0.717) is 42.4 Å². The Hall–Kier alpha value is -2.44. The number of carbonyl (C=O) groups is 2. The van der Waals surface area contributed by atoms with Crippen LogP contribution in [0.2, 0.25) is 0 Å². The predicted molar refractivity (Wildman–Crippen MR) is 82.4 cm³/mol. The van der Waals surface area contributed by atoms with Crippen molar-refractivity contribution in [1.82, 2.24) is 5.32 Å². The number of ether oxygens (including phenoxy) is 3. The van der Waals surface area contributed by atoms with Gasteiger partial charge in [-0.15, -0.1) is 0 Å². The van der Waals surface area contributed by atoms with Gasteiger partial charge in [0.15, 0.2) is 11.5 Å². The first-order valence-corrected chi connectivity index (χ1v) is 7.40. The molecule has 0 aromatic heterocycles. The average molecular weight is 323 g/mol. The van der Waals surface area contributed by atoms with Crippen LogP contribution in [-0.2, 0) is 4.79 Å². The quantitative estimate of drug-likeness (QED) is 0.829. The Morgan fingerprint density at radius 1 is 1.35 bits per heavy atom. The van der Waals surface area contributed by atoms with Crippen molar-refractivity contribution >= 4 is 11.9 Å². The lowest BCUT2D eigenvalue weighted by molar-refractivity contribution is -0.138. The van der Waals surface area contributed by atoms with Gasteiger partial charge in [-0.1, -0.05) is 6.92 Å². The molecule has 0 unspecified atom stereocenters. The molecule has 0 aliphatic carbocycles. The zero-order valence-electron chi connectivity index (χ0n) is 13.5. The molecule has 0 bridgehead atoms. The van der Waals surface area contributed by atoms with Gasteiger partial charge in [-0.05, 0) is 25.5 Å². The molecule has 0 spiro atoms. The minimum atomic E-state index is -0.964. The highest BCUT2D eigenvalue weighted by atomic mass is 16.6. The van der Waals surface area contributed by atoms with E-state index in [1.165, 1.54) is 7.11 Å². The van der Waals surface area contributed by atoms with Gasteiger partial charge < -0.3 is 24.6 Å². The van der Waals surface area contributed by atoms with E-state index in [1.54, 1.807) is 19.1 Å². The molecule has 1 heterocycles. The van der Waals surface area contributed by atoms with Crippen LogP contribution >= 0.6 is 0 Å². The molecule has 0 fully saturated rings. The smallest absolute Gasteiger partial charge is 0.305 e. The van der Waals surface area contributed by atoms with Gasteiger partial charge in [0, 0.05) is 11.1 Å². The molecule has 0 radical (unpaired) electrons. The highest BCUT2D eigenvalue weighted by Crippen LogP contribution is 2.40. The second kappa shape index (κ2) is 6.76. The zero-order chi connectivity index (χ0) is 17.0. The summed E-state index contributed by atoms with van der Waals surface area (Å²) < 4.78 is 16.2. The highest BCUT2D eigenvalue weighted by Gasteiger charge is 2.29. The van der Waals surface area contributed by atoms with Gasteiger partial charge in [0.2, 0.25) is 5.75 Å². The van der Waals surface area contributed by atoms with Crippen LogP contribution in [0.25, 0.3) is 0 Å². The van der Waals surface area contributed by atoms with Gasteiger partial charge in [-0.25, -0.2) is 0 Å². The second-order valence-electron chi connectivity index (χ2n) is 5.64. The normalized spacial score (nSPS) is 15.4. The fourth-order valence-electron chi connectivity index (χ4n) is 2.34. The fraction of sp³-hybridized carbons (Fsp3) is 0.500. The van der Waals surface area contributed by atoms with Gasteiger partial charge >= 0.3 is 5.97 Å². The van der Waals surface area contributed by atoms with Gasteiger partial charge in [0.1, 0.15) is 13.2 Å². The highest BCUT2D eigenvalue weighted by molar-refractivity contribution is 5.96. The van der Waals surface area contributed by atoms with Gasteiger partial charge in [0.05, 0.1) is 13.5 Å². The molecular weight excluding hydrogens is 302 g/mol.